The van der Waals surface area contributed by atoms with Crippen molar-refractivity contribution in [1.82, 2.24) is 0 Å². The molecule has 2 aromatic carbocycles. The molecule has 2 aromatic rings. The number of anilines is 1. The van der Waals surface area contributed by atoms with Gasteiger partial charge >= 0.3 is 5.97 Å². The van der Waals surface area contributed by atoms with Gasteiger partial charge in [0.2, 0.25) is 10.0 Å². The Morgan fingerprint density at radius 3 is 2.43 bits per heavy atom. The lowest BCUT2D eigenvalue weighted by Crippen LogP contribution is -2.12. The predicted molar refractivity (Wildman–Crippen MR) is 85.1 cm³/mol. The van der Waals surface area contributed by atoms with Crippen molar-refractivity contribution in [2.24, 2.45) is 0 Å². The Morgan fingerprint density at radius 1 is 1.17 bits per heavy atom. The Labute approximate surface area is 134 Å². The monoisotopic (exact) mass is 337 g/mol. The maximum absolute atomic E-state index is 12.9. The number of carbonyl (C=O) groups is 1. The van der Waals surface area contributed by atoms with Crippen LogP contribution in [-0.2, 0) is 14.8 Å². The number of benzene rings is 2. The first-order chi connectivity index (χ1) is 10.7. The van der Waals surface area contributed by atoms with Gasteiger partial charge in [0.05, 0.1) is 11.8 Å². The summed E-state index contributed by atoms with van der Waals surface area (Å²) >= 11 is 0. The van der Waals surface area contributed by atoms with E-state index in [4.69, 9.17) is 4.74 Å². The lowest BCUT2D eigenvalue weighted by molar-refractivity contribution is 0.0338. The van der Waals surface area contributed by atoms with E-state index in [2.05, 4.69) is 4.72 Å². The molecule has 0 saturated carbocycles. The SMILES string of the molecule is CC(OC(=O)c1cccc(NS(C)(=O)=O)c1)c1ccc(F)cc1. The molecule has 0 radical (unpaired) electrons. The number of carbonyl (C=O) groups excluding carboxylic acids is 1. The molecular formula is C16H16FNO4S. The largest absolute Gasteiger partial charge is 0.454 e. The molecule has 1 N–H and O–H groups in total. The second-order valence-corrected chi connectivity index (χ2v) is 6.80. The van der Waals surface area contributed by atoms with E-state index >= 15 is 0 Å². The molecule has 0 amide bonds. The van der Waals surface area contributed by atoms with Crippen LogP contribution in [0, 0.1) is 5.82 Å². The first-order valence-corrected chi connectivity index (χ1v) is 8.68. The van der Waals surface area contributed by atoms with Crippen LogP contribution in [0.15, 0.2) is 48.5 Å². The van der Waals surface area contributed by atoms with Crippen molar-refractivity contribution in [2.75, 3.05) is 11.0 Å². The zero-order chi connectivity index (χ0) is 17.0. The molecule has 0 bridgehead atoms. The van der Waals surface area contributed by atoms with E-state index < -0.39 is 22.1 Å². The summed E-state index contributed by atoms with van der Waals surface area (Å²) in [6.07, 6.45) is 0.462. The molecule has 7 heteroatoms. The number of ether oxygens (including phenoxy) is 1. The van der Waals surface area contributed by atoms with Crippen LogP contribution in [0.1, 0.15) is 28.9 Å². The molecular weight excluding hydrogens is 321 g/mol. The maximum atomic E-state index is 12.9. The lowest BCUT2D eigenvalue weighted by atomic mass is 10.1. The van der Waals surface area contributed by atoms with Gasteiger partial charge in [-0.3, -0.25) is 4.72 Å². The number of esters is 1. The normalized spacial score (nSPS) is 12.5. The second kappa shape index (κ2) is 6.78. The number of sulfonamides is 1. The summed E-state index contributed by atoms with van der Waals surface area (Å²) in [5.41, 5.74) is 1.15. The van der Waals surface area contributed by atoms with E-state index in [1.807, 2.05) is 0 Å². The first kappa shape index (κ1) is 17.0. The van der Waals surface area contributed by atoms with Crippen molar-refractivity contribution in [1.29, 1.82) is 0 Å². The van der Waals surface area contributed by atoms with Crippen molar-refractivity contribution >= 4 is 21.7 Å². The molecule has 1 atom stereocenters. The fraction of sp³-hybridized carbons (Fsp3) is 0.188. The third-order valence-corrected chi connectivity index (χ3v) is 3.63. The molecule has 0 fully saturated rings. The average molecular weight is 337 g/mol. The van der Waals surface area contributed by atoms with Gasteiger partial charge in [0.15, 0.2) is 0 Å². The first-order valence-electron chi connectivity index (χ1n) is 6.79. The van der Waals surface area contributed by atoms with Crippen LogP contribution in [0.3, 0.4) is 0 Å². The van der Waals surface area contributed by atoms with E-state index in [9.17, 15) is 17.6 Å². The van der Waals surface area contributed by atoms with Crippen molar-refractivity contribution in [3.05, 3.63) is 65.5 Å². The highest BCUT2D eigenvalue weighted by Gasteiger charge is 2.14. The number of nitrogens with one attached hydrogen (secondary N) is 1. The van der Waals surface area contributed by atoms with Gasteiger partial charge in [-0.15, -0.1) is 0 Å². The van der Waals surface area contributed by atoms with Crippen LogP contribution in [0.5, 0.6) is 0 Å². The smallest absolute Gasteiger partial charge is 0.338 e. The molecule has 0 heterocycles. The second-order valence-electron chi connectivity index (χ2n) is 5.05. The third-order valence-electron chi connectivity index (χ3n) is 3.02. The minimum atomic E-state index is -3.43. The molecule has 122 valence electrons. The van der Waals surface area contributed by atoms with Crippen LogP contribution < -0.4 is 4.72 Å². The Kier molecular flexibility index (Phi) is 5.00. The van der Waals surface area contributed by atoms with Crippen molar-refractivity contribution in [3.63, 3.8) is 0 Å². The highest BCUT2D eigenvalue weighted by Crippen LogP contribution is 2.20. The summed E-state index contributed by atoms with van der Waals surface area (Å²) in [5, 5.41) is 0. The number of rotatable bonds is 5. The van der Waals surface area contributed by atoms with Gasteiger partial charge in [-0.2, -0.15) is 0 Å². The molecule has 0 aliphatic rings. The summed E-state index contributed by atoms with van der Waals surface area (Å²) < 4.78 is 42.9. The topological polar surface area (TPSA) is 72.5 Å². The van der Waals surface area contributed by atoms with E-state index in [0.717, 1.165) is 6.26 Å². The Hall–Kier alpha value is -2.41. The zero-order valence-electron chi connectivity index (χ0n) is 12.6. The number of halogens is 1. The Balaban J connectivity index is 2.11. The summed E-state index contributed by atoms with van der Waals surface area (Å²) in [7, 11) is -3.43. The van der Waals surface area contributed by atoms with Gasteiger partial charge in [0, 0.05) is 5.69 Å². The zero-order valence-corrected chi connectivity index (χ0v) is 13.4. The lowest BCUT2D eigenvalue weighted by Gasteiger charge is -2.14. The standard InChI is InChI=1S/C16H16FNO4S/c1-11(12-6-8-14(17)9-7-12)22-16(19)13-4-3-5-15(10-13)18-23(2,20)21/h3-11,18H,1-2H3. The summed E-state index contributed by atoms with van der Waals surface area (Å²) in [5.74, 6) is -0.967. The quantitative estimate of drug-likeness (QED) is 0.851. The van der Waals surface area contributed by atoms with E-state index in [-0.39, 0.29) is 17.1 Å². The molecule has 23 heavy (non-hydrogen) atoms. The Bertz CT molecular complexity index is 803. The highest BCUT2D eigenvalue weighted by molar-refractivity contribution is 7.92. The molecule has 5 nitrogen and oxygen atoms in total. The van der Waals surface area contributed by atoms with Crippen LogP contribution in [0.4, 0.5) is 10.1 Å². The minimum Gasteiger partial charge on any atom is -0.454 e. The summed E-state index contributed by atoms with van der Waals surface area (Å²) in [6.45, 7) is 1.67. The predicted octanol–water partition coefficient (Wildman–Crippen LogP) is 3.12. The average Bonchev–Trinajstić information content (AvgIpc) is 2.46. The van der Waals surface area contributed by atoms with E-state index in [1.54, 1.807) is 13.0 Å². The molecule has 1 unspecified atom stereocenters. The van der Waals surface area contributed by atoms with Gasteiger partial charge in [-0.1, -0.05) is 18.2 Å². The number of hydrogen-bond acceptors (Lipinski definition) is 4. The maximum Gasteiger partial charge on any atom is 0.338 e. The molecule has 0 saturated heterocycles. The van der Waals surface area contributed by atoms with Crippen LogP contribution in [0.2, 0.25) is 0 Å². The van der Waals surface area contributed by atoms with Crippen LogP contribution in [0.25, 0.3) is 0 Å². The fourth-order valence-corrected chi connectivity index (χ4v) is 2.51. The van der Waals surface area contributed by atoms with Crippen molar-refractivity contribution in [3.8, 4) is 0 Å². The van der Waals surface area contributed by atoms with E-state index in [1.165, 1.54) is 42.5 Å². The number of hydrogen-bond donors (Lipinski definition) is 1. The third kappa shape index (κ3) is 5.07. The summed E-state index contributed by atoms with van der Waals surface area (Å²) in [6, 6.07) is 11.6. The van der Waals surface area contributed by atoms with Crippen molar-refractivity contribution in [2.45, 2.75) is 13.0 Å². The highest BCUT2D eigenvalue weighted by atomic mass is 32.2. The summed E-state index contributed by atoms with van der Waals surface area (Å²) in [4.78, 5) is 12.1. The molecule has 0 aliphatic carbocycles. The molecule has 0 spiro atoms. The molecule has 0 aromatic heterocycles. The van der Waals surface area contributed by atoms with Gasteiger partial charge in [0.1, 0.15) is 11.9 Å². The van der Waals surface area contributed by atoms with Gasteiger partial charge in [-0.05, 0) is 42.8 Å². The van der Waals surface area contributed by atoms with Gasteiger partial charge < -0.3 is 4.74 Å². The van der Waals surface area contributed by atoms with Gasteiger partial charge in [-0.25, -0.2) is 17.6 Å². The fourth-order valence-electron chi connectivity index (χ4n) is 1.95. The minimum absolute atomic E-state index is 0.215. The molecule has 0 aliphatic heterocycles. The van der Waals surface area contributed by atoms with Gasteiger partial charge in [0.25, 0.3) is 0 Å². The van der Waals surface area contributed by atoms with E-state index in [0.29, 0.717) is 5.56 Å². The van der Waals surface area contributed by atoms with Crippen LogP contribution in [-0.4, -0.2) is 20.6 Å². The molecule has 2 rings (SSSR count). The van der Waals surface area contributed by atoms with Crippen molar-refractivity contribution < 1.29 is 22.3 Å². The Morgan fingerprint density at radius 2 is 1.83 bits per heavy atom. The van der Waals surface area contributed by atoms with Crippen LogP contribution >= 0.6 is 0 Å².